The molecular formula is C10H7N5O3S2. The van der Waals surface area contributed by atoms with E-state index in [1.807, 2.05) is 0 Å². The van der Waals surface area contributed by atoms with Gasteiger partial charge in [0.05, 0.1) is 25.9 Å². The first-order valence-electron chi connectivity index (χ1n) is 5.35. The molecule has 0 bridgehead atoms. The molecule has 0 aliphatic heterocycles. The molecule has 0 N–H and O–H groups in total. The van der Waals surface area contributed by atoms with Crippen LogP contribution in [0.1, 0.15) is 0 Å². The summed E-state index contributed by atoms with van der Waals surface area (Å²) in [6, 6.07) is 4.45. The Morgan fingerprint density at radius 2 is 2.25 bits per heavy atom. The third kappa shape index (κ3) is 2.08. The second kappa shape index (κ2) is 4.72. The summed E-state index contributed by atoms with van der Waals surface area (Å²) in [5.41, 5.74) is 0.646. The van der Waals surface area contributed by atoms with Crippen molar-refractivity contribution in [1.29, 1.82) is 0 Å². The molecule has 1 atom stereocenters. The fraction of sp³-hybridized carbons (Fsp3) is 0.100. The lowest BCUT2D eigenvalue weighted by molar-refractivity contribution is -0.384. The van der Waals surface area contributed by atoms with Gasteiger partial charge in [-0.25, -0.2) is 9.55 Å². The number of thiazole rings is 1. The Balaban J connectivity index is 2.15. The Hall–Kier alpha value is -2.20. The molecule has 0 radical (unpaired) electrons. The van der Waals surface area contributed by atoms with Crippen LogP contribution in [-0.4, -0.2) is 35.1 Å². The molecule has 102 valence electrons. The van der Waals surface area contributed by atoms with Crippen LogP contribution in [0.2, 0.25) is 0 Å². The van der Waals surface area contributed by atoms with E-state index in [0.717, 1.165) is 0 Å². The third-order valence-corrected chi connectivity index (χ3v) is 4.36. The average Bonchev–Trinajstić information content (AvgIpc) is 3.03. The summed E-state index contributed by atoms with van der Waals surface area (Å²) in [5.74, 6) is 0. The van der Waals surface area contributed by atoms with Crippen molar-refractivity contribution in [3.63, 3.8) is 0 Å². The van der Waals surface area contributed by atoms with E-state index in [1.54, 1.807) is 6.07 Å². The Morgan fingerprint density at radius 1 is 1.45 bits per heavy atom. The van der Waals surface area contributed by atoms with Gasteiger partial charge >= 0.3 is 0 Å². The van der Waals surface area contributed by atoms with Gasteiger partial charge in [0.1, 0.15) is 6.33 Å². The molecule has 8 nitrogen and oxygen atoms in total. The molecule has 1 aromatic carbocycles. The lowest BCUT2D eigenvalue weighted by atomic mass is 10.3. The zero-order chi connectivity index (χ0) is 14.3. The highest BCUT2D eigenvalue weighted by atomic mass is 32.2. The summed E-state index contributed by atoms with van der Waals surface area (Å²) < 4.78 is 13.7. The van der Waals surface area contributed by atoms with Gasteiger partial charge in [0, 0.05) is 18.4 Å². The average molecular weight is 309 g/mol. The molecular weight excluding hydrogens is 302 g/mol. The highest BCUT2D eigenvalue weighted by Gasteiger charge is 2.15. The van der Waals surface area contributed by atoms with Crippen LogP contribution in [0.4, 0.5) is 5.69 Å². The minimum Gasteiger partial charge on any atom is -0.258 e. The summed E-state index contributed by atoms with van der Waals surface area (Å²) in [5, 5.41) is 19.1. The molecule has 3 rings (SSSR count). The monoisotopic (exact) mass is 309 g/mol. The van der Waals surface area contributed by atoms with E-state index in [1.165, 1.54) is 40.6 Å². The maximum atomic E-state index is 11.5. The predicted octanol–water partition coefficient (Wildman–Crippen LogP) is 1.52. The lowest BCUT2D eigenvalue weighted by Crippen LogP contribution is -2.01. The Bertz CT molecular complexity index is 840. The van der Waals surface area contributed by atoms with E-state index in [2.05, 4.69) is 15.2 Å². The van der Waals surface area contributed by atoms with Crippen LogP contribution in [0, 0.1) is 10.1 Å². The molecule has 2 heterocycles. The smallest absolute Gasteiger partial charge is 0.258 e. The fourth-order valence-electron chi connectivity index (χ4n) is 1.67. The molecule has 0 amide bonds. The van der Waals surface area contributed by atoms with E-state index >= 15 is 0 Å². The Kier molecular flexibility index (Phi) is 3.03. The zero-order valence-electron chi connectivity index (χ0n) is 10.1. The van der Waals surface area contributed by atoms with Gasteiger partial charge in [0.25, 0.3) is 5.69 Å². The number of nitrogens with zero attached hydrogens (tertiary/aromatic N) is 5. The van der Waals surface area contributed by atoms with Crippen molar-refractivity contribution in [2.45, 2.75) is 5.16 Å². The third-order valence-electron chi connectivity index (χ3n) is 2.55. The molecule has 0 aliphatic rings. The number of rotatable bonds is 3. The Morgan fingerprint density at radius 3 is 2.95 bits per heavy atom. The van der Waals surface area contributed by atoms with E-state index in [-0.39, 0.29) is 5.69 Å². The van der Waals surface area contributed by atoms with E-state index in [0.29, 0.717) is 20.5 Å². The maximum Gasteiger partial charge on any atom is 0.270 e. The number of aromatic nitrogens is 4. The van der Waals surface area contributed by atoms with Gasteiger partial charge in [-0.1, -0.05) is 11.3 Å². The Labute approximate surface area is 118 Å². The van der Waals surface area contributed by atoms with Crippen molar-refractivity contribution in [2.75, 3.05) is 6.26 Å². The molecule has 0 unspecified atom stereocenters. The van der Waals surface area contributed by atoms with Gasteiger partial charge < -0.3 is 0 Å². The molecule has 0 fully saturated rings. The van der Waals surface area contributed by atoms with Crippen LogP contribution in [0.3, 0.4) is 0 Å². The van der Waals surface area contributed by atoms with Crippen molar-refractivity contribution in [2.24, 2.45) is 0 Å². The minimum absolute atomic E-state index is 0.00995. The van der Waals surface area contributed by atoms with Crippen molar-refractivity contribution in [3.05, 3.63) is 34.6 Å². The van der Waals surface area contributed by atoms with Crippen LogP contribution in [0.5, 0.6) is 0 Å². The standard InChI is InChI=1S/C10H7N5O3S2/c1-20(18)10-13-11-5-14(10)9-12-7-3-2-6(15(16)17)4-8(7)19-9/h2-5H,1H3/t20-/m0/s1. The van der Waals surface area contributed by atoms with Crippen molar-refractivity contribution < 1.29 is 9.13 Å². The first-order valence-corrected chi connectivity index (χ1v) is 7.72. The summed E-state index contributed by atoms with van der Waals surface area (Å²) in [6.07, 6.45) is 2.92. The number of non-ortho nitro benzene ring substituents is 1. The van der Waals surface area contributed by atoms with Gasteiger partial charge in [0.15, 0.2) is 5.13 Å². The second-order valence-corrected chi connectivity index (χ2v) is 6.13. The van der Waals surface area contributed by atoms with Gasteiger partial charge in [-0.15, -0.1) is 10.2 Å². The quantitative estimate of drug-likeness (QED) is 0.536. The molecule has 0 saturated carbocycles. The molecule has 10 heteroatoms. The van der Waals surface area contributed by atoms with Gasteiger partial charge in [-0.05, 0) is 6.07 Å². The van der Waals surface area contributed by atoms with Crippen molar-refractivity contribution in [1.82, 2.24) is 19.7 Å². The molecule has 0 spiro atoms. The minimum atomic E-state index is -1.30. The van der Waals surface area contributed by atoms with Gasteiger partial charge in [-0.3, -0.25) is 14.3 Å². The van der Waals surface area contributed by atoms with E-state index in [9.17, 15) is 14.3 Å². The second-order valence-electron chi connectivity index (χ2n) is 3.84. The van der Waals surface area contributed by atoms with Crippen molar-refractivity contribution >= 4 is 38.0 Å². The number of nitro benzene ring substituents is 1. The normalized spacial score (nSPS) is 12.7. The summed E-state index contributed by atoms with van der Waals surface area (Å²) >= 11 is 1.25. The van der Waals surface area contributed by atoms with E-state index < -0.39 is 15.7 Å². The van der Waals surface area contributed by atoms with Gasteiger partial charge in [0.2, 0.25) is 5.16 Å². The number of hydrogen-bond donors (Lipinski definition) is 0. The number of fused-ring (bicyclic) bond motifs is 1. The van der Waals surface area contributed by atoms with Crippen LogP contribution in [0.25, 0.3) is 15.3 Å². The van der Waals surface area contributed by atoms with Crippen molar-refractivity contribution in [3.8, 4) is 5.13 Å². The number of benzene rings is 1. The predicted molar refractivity (Wildman–Crippen MR) is 73.5 cm³/mol. The summed E-state index contributed by atoms with van der Waals surface area (Å²) in [4.78, 5) is 14.6. The zero-order valence-corrected chi connectivity index (χ0v) is 11.7. The molecule has 3 aromatic rings. The van der Waals surface area contributed by atoms with Gasteiger partial charge in [-0.2, -0.15) is 0 Å². The topological polar surface area (TPSA) is 104 Å². The SMILES string of the molecule is C[S@](=O)c1nncn1-c1nc2ccc([N+](=O)[O-])cc2s1. The summed E-state index contributed by atoms with van der Waals surface area (Å²) in [7, 11) is -1.30. The first kappa shape index (κ1) is 12.8. The number of nitro groups is 1. The van der Waals surface area contributed by atoms with Crippen LogP contribution in [-0.2, 0) is 10.8 Å². The van der Waals surface area contributed by atoms with Crippen LogP contribution in [0.15, 0.2) is 29.7 Å². The molecule has 20 heavy (non-hydrogen) atoms. The summed E-state index contributed by atoms with van der Waals surface area (Å²) in [6.45, 7) is 0. The van der Waals surface area contributed by atoms with Crippen LogP contribution < -0.4 is 0 Å². The maximum absolute atomic E-state index is 11.5. The molecule has 2 aromatic heterocycles. The molecule has 0 saturated heterocycles. The van der Waals surface area contributed by atoms with Crippen LogP contribution >= 0.6 is 11.3 Å². The highest BCUT2D eigenvalue weighted by molar-refractivity contribution is 7.84. The molecule has 0 aliphatic carbocycles. The highest BCUT2D eigenvalue weighted by Crippen LogP contribution is 2.28. The number of hydrogen-bond acceptors (Lipinski definition) is 7. The lowest BCUT2D eigenvalue weighted by Gasteiger charge is -1.97. The largest absolute Gasteiger partial charge is 0.270 e. The fourth-order valence-corrected chi connectivity index (χ4v) is 3.27. The van der Waals surface area contributed by atoms with E-state index in [4.69, 9.17) is 0 Å². The first-order chi connectivity index (χ1) is 9.56.